The van der Waals surface area contributed by atoms with Gasteiger partial charge in [-0.25, -0.2) is 8.42 Å². The zero-order valence-corrected chi connectivity index (χ0v) is 16.1. The minimum absolute atomic E-state index is 0.281. The normalized spacial score (nSPS) is 17.8. The molecule has 0 radical (unpaired) electrons. The van der Waals surface area contributed by atoms with Crippen LogP contribution in [0, 0.1) is 0 Å². The average molecular weight is 357 g/mol. The van der Waals surface area contributed by atoms with Crippen molar-refractivity contribution in [1.29, 1.82) is 0 Å². The number of allylic oxidation sites excluding steroid dienone is 1. The van der Waals surface area contributed by atoms with E-state index in [1.165, 1.54) is 19.3 Å². The van der Waals surface area contributed by atoms with E-state index in [4.69, 9.17) is 0 Å². The van der Waals surface area contributed by atoms with Crippen LogP contribution in [0.1, 0.15) is 58.3 Å². The Hall–Kier alpha value is -1.14. The predicted octanol–water partition coefficient (Wildman–Crippen LogP) is 3.00. The molecule has 0 spiro atoms. The number of carbonyl (C=O) groups excluding carboxylic acids is 1. The highest BCUT2D eigenvalue weighted by Gasteiger charge is 2.25. The Morgan fingerprint density at radius 2 is 1.88 bits per heavy atom. The summed E-state index contributed by atoms with van der Waals surface area (Å²) in [4.78, 5) is 13.9. The SMILES string of the molecule is CCCCCCCCC(=O)NS(=O)(=O)C1C=CC(CN(C)C)=CC1. The van der Waals surface area contributed by atoms with Crippen LogP contribution in [0.3, 0.4) is 0 Å². The van der Waals surface area contributed by atoms with E-state index in [-0.39, 0.29) is 12.3 Å². The summed E-state index contributed by atoms with van der Waals surface area (Å²) < 4.78 is 26.8. The number of rotatable bonds is 11. The smallest absolute Gasteiger partial charge is 0.241 e. The second kappa shape index (κ2) is 10.7. The first-order chi connectivity index (χ1) is 11.3. The third-order valence-electron chi connectivity index (χ3n) is 4.05. The van der Waals surface area contributed by atoms with Gasteiger partial charge >= 0.3 is 0 Å². The Kier molecular flexibility index (Phi) is 9.29. The summed E-state index contributed by atoms with van der Waals surface area (Å²) in [6.07, 6.45) is 12.6. The maximum Gasteiger partial charge on any atom is 0.241 e. The van der Waals surface area contributed by atoms with Crippen LogP contribution in [0.5, 0.6) is 0 Å². The van der Waals surface area contributed by atoms with Crippen LogP contribution in [0.15, 0.2) is 23.8 Å². The van der Waals surface area contributed by atoms with Gasteiger partial charge in [0.05, 0.1) is 0 Å². The summed E-state index contributed by atoms with van der Waals surface area (Å²) in [6.45, 7) is 2.95. The lowest BCUT2D eigenvalue weighted by molar-refractivity contribution is -0.119. The average Bonchev–Trinajstić information content (AvgIpc) is 2.50. The van der Waals surface area contributed by atoms with Crippen molar-refractivity contribution in [2.45, 2.75) is 63.5 Å². The highest BCUT2D eigenvalue weighted by Crippen LogP contribution is 2.17. The molecule has 1 aliphatic carbocycles. The van der Waals surface area contributed by atoms with Gasteiger partial charge in [0.25, 0.3) is 0 Å². The summed E-state index contributed by atoms with van der Waals surface area (Å²) in [5.41, 5.74) is 1.10. The monoisotopic (exact) mass is 356 g/mol. The second-order valence-electron chi connectivity index (χ2n) is 6.74. The van der Waals surface area contributed by atoms with E-state index in [2.05, 4.69) is 11.6 Å². The fourth-order valence-corrected chi connectivity index (χ4v) is 3.91. The Labute approximate surface area is 147 Å². The van der Waals surface area contributed by atoms with Crippen molar-refractivity contribution in [2.75, 3.05) is 20.6 Å². The number of nitrogens with one attached hydrogen (secondary N) is 1. The first kappa shape index (κ1) is 20.9. The predicted molar refractivity (Wildman–Crippen MR) is 99.2 cm³/mol. The lowest BCUT2D eigenvalue weighted by Crippen LogP contribution is -2.38. The van der Waals surface area contributed by atoms with E-state index in [1.807, 2.05) is 31.1 Å². The first-order valence-electron chi connectivity index (χ1n) is 8.91. The molecule has 0 fully saturated rings. The topological polar surface area (TPSA) is 66.5 Å². The molecule has 0 heterocycles. The first-order valence-corrected chi connectivity index (χ1v) is 10.5. The fraction of sp³-hybridized carbons (Fsp3) is 0.722. The van der Waals surface area contributed by atoms with Crippen molar-refractivity contribution in [1.82, 2.24) is 9.62 Å². The molecule has 1 unspecified atom stereocenters. The Balaban J connectivity index is 2.35. The summed E-state index contributed by atoms with van der Waals surface area (Å²) in [5, 5.41) is -0.656. The van der Waals surface area contributed by atoms with Crippen molar-refractivity contribution in [3.63, 3.8) is 0 Å². The minimum atomic E-state index is -3.63. The molecular formula is C18H32N2O3S. The number of nitrogens with zero attached hydrogens (tertiary/aromatic N) is 1. The van der Waals surface area contributed by atoms with Crippen LogP contribution < -0.4 is 4.72 Å². The van der Waals surface area contributed by atoms with E-state index in [0.717, 1.165) is 31.4 Å². The molecule has 24 heavy (non-hydrogen) atoms. The highest BCUT2D eigenvalue weighted by atomic mass is 32.2. The van der Waals surface area contributed by atoms with Gasteiger partial charge in [-0.3, -0.25) is 9.52 Å². The van der Waals surface area contributed by atoms with Gasteiger partial charge in [0.15, 0.2) is 0 Å². The van der Waals surface area contributed by atoms with Crippen LogP contribution in [-0.2, 0) is 14.8 Å². The summed E-state index contributed by atoms with van der Waals surface area (Å²) in [7, 11) is 0.314. The number of sulfonamides is 1. The number of hydrogen-bond acceptors (Lipinski definition) is 4. The maximum atomic E-state index is 12.3. The van der Waals surface area contributed by atoms with Gasteiger partial charge in [0, 0.05) is 13.0 Å². The highest BCUT2D eigenvalue weighted by molar-refractivity contribution is 7.90. The van der Waals surface area contributed by atoms with Crippen molar-refractivity contribution in [3.8, 4) is 0 Å². The maximum absolute atomic E-state index is 12.3. The van der Waals surface area contributed by atoms with E-state index < -0.39 is 15.3 Å². The van der Waals surface area contributed by atoms with Crippen molar-refractivity contribution in [2.24, 2.45) is 0 Å². The Morgan fingerprint density at radius 3 is 2.46 bits per heavy atom. The summed E-state index contributed by atoms with van der Waals surface area (Å²) in [5.74, 6) is -0.387. The van der Waals surface area contributed by atoms with Gasteiger partial charge in [-0.1, -0.05) is 57.3 Å². The van der Waals surface area contributed by atoms with Crippen LogP contribution in [0.25, 0.3) is 0 Å². The lowest BCUT2D eigenvalue weighted by Gasteiger charge is -2.19. The number of hydrogen-bond donors (Lipinski definition) is 1. The molecule has 0 bridgehead atoms. The molecule has 1 rings (SSSR count). The Bertz CT molecular complexity index is 551. The van der Waals surface area contributed by atoms with Crippen molar-refractivity contribution in [3.05, 3.63) is 23.8 Å². The van der Waals surface area contributed by atoms with Gasteiger partial charge in [-0.15, -0.1) is 0 Å². The molecule has 5 nitrogen and oxygen atoms in total. The third kappa shape index (κ3) is 8.11. The number of amides is 1. The van der Waals surface area contributed by atoms with Crippen LogP contribution in [0.4, 0.5) is 0 Å². The van der Waals surface area contributed by atoms with Gasteiger partial charge in [0.2, 0.25) is 15.9 Å². The van der Waals surface area contributed by atoms with E-state index in [9.17, 15) is 13.2 Å². The molecular weight excluding hydrogens is 324 g/mol. The number of carbonyl (C=O) groups is 1. The van der Waals surface area contributed by atoms with Gasteiger partial charge in [-0.2, -0.15) is 0 Å². The van der Waals surface area contributed by atoms with Crippen molar-refractivity contribution < 1.29 is 13.2 Å². The zero-order valence-electron chi connectivity index (χ0n) is 15.3. The van der Waals surface area contributed by atoms with E-state index >= 15 is 0 Å². The van der Waals surface area contributed by atoms with Crippen molar-refractivity contribution >= 4 is 15.9 Å². The molecule has 1 amide bonds. The zero-order chi connectivity index (χ0) is 18.0. The molecule has 0 aliphatic heterocycles. The third-order valence-corrected chi connectivity index (χ3v) is 5.71. The minimum Gasteiger partial charge on any atom is -0.305 e. The summed E-state index contributed by atoms with van der Waals surface area (Å²) >= 11 is 0. The van der Waals surface area contributed by atoms with Crippen LogP contribution in [-0.4, -0.2) is 45.1 Å². The molecule has 6 heteroatoms. The molecule has 1 atom stereocenters. The molecule has 138 valence electrons. The lowest BCUT2D eigenvalue weighted by atomic mass is 10.1. The van der Waals surface area contributed by atoms with E-state index in [1.54, 1.807) is 6.08 Å². The van der Waals surface area contributed by atoms with Crippen LogP contribution in [0.2, 0.25) is 0 Å². The molecule has 0 saturated heterocycles. The quantitative estimate of drug-likeness (QED) is 0.578. The fourth-order valence-electron chi connectivity index (χ4n) is 2.71. The number of unbranched alkanes of at least 4 members (excludes halogenated alkanes) is 5. The second-order valence-corrected chi connectivity index (χ2v) is 8.64. The molecule has 0 aromatic rings. The molecule has 0 aromatic heterocycles. The standard InChI is InChI=1S/C18H32N2O3S/c1-4-5-6-7-8-9-10-18(21)19-24(22,23)17-13-11-16(12-14-17)15-20(2)3/h11-13,17H,4-10,14-15H2,1-3H3,(H,19,21). The molecule has 0 aromatic carbocycles. The van der Waals surface area contributed by atoms with Crippen LogP contribution >= 0.6 is 0 Å². The van der Waals surface area contributed by atoms with E-state index in [0.29, 0.717) is 6.42 Å². The van der Waals surface area contributed by atoms with Gasteiger partial charge < -0.3 is 4.90 Å². The number of likely N-dealkylation sites (N-methyl/N-ethyl adjacent to an activating group) is 1. The molecule has 1 aliphatic rings. The van der Waals surface area contributed by atoms with Gasteiger partial charge in [0.1, 0.15) is 5.25 Å². The largest absolute Gasteiger partial charge is 0.305 e. The molecule has 0 saturated carbocycles. The van der Waals surface area contributed by atoms with Gasteiger partial charge in [-0.05, 0) is 32.5 Å². The summed E-state index contributed by atoms with van der Waals surface area (Å²) in [6, 6.07) is 0. The molecule has 1 N–H and O–H groups in total. The Morgan fingerprint density at radius 1 is 1.21 bits per heavy atom.